The average molecular weight is 312 g/mol. The van der Waals surface area contributed by atoms with Crippen LogP contribution >= 0.6 is 0 Å². The van der Waals surface area contributed by atoms with Crippen molar-refractivity contribution in [3.63, 3.8) is 0 Å². The molecule has 1 aliphatic carbocycles. The molecule has 22 heavy (non-hydrogen) atoms. The number of rotatable bonds is 4. The molecule has 0 radical (unpaired) electrons. The molecule has 6 heteroatoms. The Morgan fingerprint density at radius 3 is 2.45 bits per heavy atom. The SMILES string of the molecule is CC(C)(C)OC(=O)NC1CC(C(=O)O)CN(CC2CCC2)C1. The van der Waals surface area contributed by atoms with E-state index in [1.54, 1.807) is 0 Å². The van der Waals surface area contributed by atoms with Crippen LogP contribution in [0.3, 0.4) is 0 Å². The zero-order valence-corrected chi connectivity index (χ0v) is 13.8. The first-order valence-electron chi connectivity index (χ1n) is 8.17. The minimum atomic E-state index is -0.783. The summed E-state index contributed by atoms with van der Waals surface area (Å²) < 4.78 is 5.27. The third kappa shape index (κ3) is 5.16. The molecule has 6 nitrogen and oxygen atoms in total. The van der Waals surface area contributed by atoms with Gasteiger partial charge in [0, 0.05) is 25.7 Å². The number of amides is 1. The molecule has 0 aromatic carbocycles. The van der Waals surface area contributed by atoms with Gasteiger partial charge in [-0.2, -0.15) is 0 Å². The Labute approximate surface area is 132 Å². The lowest BCUT2D eigenvalue weighted by Crippen LogP contribution is -2.54. The van der Waals surface area contributed by atoms with Crippen molar-refractivity contribution >= 4 is 12.1 Å². The van der Waals surface area contributed by atoms with Gasteiger partial charge in [-0.3, -0.25) is 4.79 Å². The molecule has 0 spiro atoms. The number of piperidine rings is 1. The summed E-state index contributed by atoms with van der Waals surface area (Å²) in [5, 5.41) is 12.2. The van der Waals surface area contributed by atoms with Crippen LogP contribution in [-0.4, -0.2) is 53.3 Å². The first kappa shape index (κ1) is 17.1. The summed E-state index contributed by atoms with van der Waals surface area (Å²) in [6.07, 6.45) is 3.75. The maximum Gasteiger partial charge on any atom is 0.407 e. The molecule has 0 bridgehead atoms. The summed E-state index contributed by atoms with van der Waals surface area (Å²) >= 11 is 0. The molecule has 2 aliphatic rings. The topological polar surface area (TPSA) is 78.9 Å². The van der Waals surface area contributed by atoms with Gasteiger partial charge in [0.2, 0.25) is 0 Å². The quantitative estimate of drug-likeness (QED) is 0.831. The van der Waals surface area contributed by atoms with E-state index >= 15 is 0 Å². The number of aliphatic carboxylic acids is 1. The third-order valence-electron chi connectivity index (χ3n) is 4.34. The van der Waals surface area contributed by atoms with E-state index in [1.165, 1.54) is 19.3 Å². The number of carboxylic acid groups (broad SMARTS) is 1. The number of hydrogen-bond donors (Lipinski definition) is 2. The van der Waals surface area contributed by atoms with Crippen LogP contribution in [0.25, 0.3) is 0 Å². The van der Waals surface area contributed by atoms with Gasteiger partial charge >= 0.3 is 12.1 Å². The molecule has 1 saturated heterocycles. The fraction of sp³-hybridized carbons (Fsp3) is 0.875. The predicted molar refractivity (Wildman–Crippen MR) is 82.7 cm³/mol. The standard InChI is InChI=1S/C16H28N2O4/c1-16(2,3)22-15(21)17-13-7-12(14(19)20)9-18(10-13)8-11-5-4-6-11/h11-13H,4-10H2,1-3H3,(H,17,21)(H,19,20). The lowest BCUT2D eigenvalue weighted by molar-refractivity contribution is -0.144. The van der Waals surface area contributed by atoms with Crippen LogP contribution in [0.2, 0.25) is 0 Å². The Balaban J connectivity index is 1.90. The van der Waals surface area contributed by atoms with Gasteiger partial charge in [-0.15, -0.1) is 0 Å². The average Bonchev–Trinajstić information content (AvgIpc) is 2.31. The molecule has 0 aromatic heterocycles. The van der Waals surface area contributed by atoms with Crippen LogP contribution < -0.4 is 5.32 Å². The monoisotopic (exact) mass is 312 g/mol. The number of hydrogen-bond acceptors (Lipinski definition) is 4. The van der Waals surface area contributed by atoms with Gasteiger partial charge in [-0.05, 0) is 46.0 Å². The molecule has 1 saturated carbocycles. The van der Waals surface area contributed by atoms with Crippen molar-refractivity contribution in [2.45, 2.75) is 58.1 Å². The number of carbonyl (C=O) groups is 2. The number of ether oxygens (including phenoxy) is 1. The largest absolute Gasteiger partial charge is 0.481 e. The normalized spacial score (nSPS) is 27.0. The van der Waals surface area contributed by atoms with Crippen molar-refractivity contribution in [2.24, 2.45) is 11.8 Å². The first-order valence-corrected chi connectivity index (χ1v) is 8.17. The lowest BCUT2D eigenvalue weighted by atomic mass is 9.84. The van der Waals surface area contributed by atoms with E-state index < -0.39 is 23.6 Å². The Morgan fingerprint density at radius 1 is 1.27 bits per heavy atom. The molecule has 1 heterocycles. The molecule has 1 amide bonds. The number of carbonyl (C=O) groups excluding carboxylic acids is 1. The van der Waals surface area contributed by atoms with E-state index in [0.717, 1.165) is 6.54 Å². The summed E-state index contributed by atoms with van der Waals surface area (Å²) in [7, 11) is 0. The highest BCUT2D eigenvalue weighted by atomic mass is 16.6. The summed E-state index contributed by atoms with van der Waals surface area (Å²) in [6, 6.07) is -0.162. The van der Waals surface area contributed by atoms with Crippen molar-refractivity contribution in [1.82, 2.24) is 10.2 Å². The van der Waals surface area contributed by atoms with Gasteiger partial charge < -0.3 is 20.1 Å². The van der Waals surface area contributed by atoms with Crippen LogP contribution in [0.15, 0.2) is 0 Å². The minimum Gasteiger partial charge on any atom is -0.481 e. The van der Waals surface area contributed by atoms with Crippen molar-refractivity contribution in [3.8, 4) is 0 Å². The van der Waals surface area contributed by atoms with Gasteiger partial charge in [0.05, 0.1) is 5.92 Å². The van der Waals surface area contributed by atoms with Crippen molar-refractivity contribution in [2.75, 3.05) is 19.6 Å². The summed E-state index contributed by atoms with van der Waals surface area (Å²) in [4.78, 5) is 25.4. The molecule has 2 unspecified atom stereocenters. The zero-order valence-electron chi connectivity index (χ0n) is 13.8. The van der Waals surface area contributed by atoms with Crippen LogP contribution in [-0.2, 0) is 9.53 Å². The maximum absolute atomic E-state index is 11.9. The second-order valence-electron chi connectivity index (χ2n) is 7.63. The van der Waals surface area contributed by atoms with E-state index in [0.29, 0.717) is 25.4 Å². The smallest absolute Gasteiger partial charge is 0.407 e. The van der Waals surface area contributed by atoms with E-state index in [4.69, 9.17) is 4.74 Å². The number of carboxylic acids is 1. The second-order valence-corrected chi connectivity index (χ2v) is 7.63. The van der Waals surface area contributed by atoms with Gasteiger partial charge in [0.15, 0.2) is 0 Å². The van der Waals surface area contributed by atoms with E-state index in [9.17, 15) is 14.7 Å². The lowest BCUT2D eigenvalue weighted by Gasteiger charge is -2.40. The molecule has 126 valence electrons. The highest BCUT2D eigenvalue weighted by molar-refractivity contribution is 5.71. The molecule has 2 fully saturated rings. The van der Waals surface area contributed by atoms with E-state index in [2.05, 4.69) is 10.2 Å². The minimum absolute atomic E-state index is 0.162. The van der Waals surface area contributed by atoms with Crippen molar-refractivity contribution < 1.29 is 19.4 Å². The Hall–Kier alpha value is -1.30. The summed E-state index contributed by atoms with van der Waals surface area (Å²) in [6.45, 7) is 7.68. The Morgan fingerprint density at radius 2 is 1.95 bits per heavy atom. The van der Waals surface area contributed by atoms with Crippen LogP contribution in [0.4, 0.5) is 4.79 Å². The van der Waals surface area contributed by atoms with Crippen LogP contribution in [0, 0.1) is 11.8 Å². The molecule has 2 N–H and O–H groups in total. The van der Waals surface area contributed by atoms with Gasteiger partial charge in [-0.25, -0.2) is 4.79 Å². The highest BCUT2D eigenvalue weighted by Gasteiger charge is 2.34. The number of nitrogens with zero attached hydrogens (tertiary/aromatic N) is 1. The molecule has 2 atom stereocenters. The Bertz CT molecular complexity index is 415. The third-order valence-corrected chi connectivity index (χ3v) is 4.34. The summed E-state index contributed by atoms with van der Waals surface area (Å²) in [5.74, 6) is -0.516. The van der Waals surface area contributed by atoms with Gasteiger partial charge in [-0.1, -0.05) is 6.42 Å². The number of alkyl carbamates (subject to hydrolysis) is 1. The highest BCUT2D eigenvalue weighted by Crippen LogP contribution is 2.29. The zero-order chi connectivity index (χ0) is 16.3. The fourth-order valence-electron chi connectivity index (χ4n) is 3.14. The summed E-state index contributed by atoms with van der Waals surface area (Å²) in [5.41, 5.74) is -0.545. The van der Waals surface area contributed by atoms with Crippen molar-refractivity contribution in [1.29, 1.82) is 0 Å². The van der Waals surface area contributed by atoms with Gasteiger partial charge in [0.25, 0.3) is 0 Å². The molecular weight excluding hydrogens is 284 g/mol. The number of likely N-dealkylation sites (tertiary alicyclic amines) is 1. The van der Waals surface area contributed by atoms with Crippen LogP contribution in [0.1, 0.15) is 46.5 Å². The molecule has 0 aromatic rings. The molecule has 1 aliphatic heterocycles. The molecular formula is C16H28N2O4. The number of nitrogens with one attached hydrogen (secondary N) is 1. The van der Waals surface area contributed by atoms with Crippen molar-refractivity contribution in [3.05, 3.63) is 0 Å². The second kappa shape index (κ2) is 6.86. The first-order chi connectivity index (χ1) is 10.2. The van der Waals surface area contributed by atoms with Gasteiger partial charge in [0.1, 0.15) is 5.60 Å². The predicted octanol–water partition coefficient (Wildman–Crippen LogP) is 2.09. The maximum atomic E-state index is 11.9. The van der Waals surface area contributed by atoms with E-state index in [1.807, 2.05) is 20.8 Å². The van der Waals surface area contributed by atoms with Crippen LogP contribution in [0.5, 0.6) is 0 Å². The van der Waals surface area contributed by atoms with E-state index in [-0.39, 0.29) is 6.04 Å². The fourth-order valence-corrected chi connectivity index (χ4v) is 3.14. The molecule has 2 rings (SSSR count). The Kier molecular flexibility index (Phi) is 5.32.